The molecule has 3 heterocycles. The summed E-state index contributed by atoms with van der Waals surface area (Å²) < 4.78 is 1.81. The van der Waals surface area contributed by atoms with E-state index in [-0.39, 0.29) is 12.0 Å². The number of aromatic amines is 1. The van der Waals surface area contributed by atoms with Gasteiger partial charge in [0.25, 0.3) is 0 Å². The molecule has 0 amide bonds. The molecule has 1 N–H and O–H groups in total. The number of hydrogen-bond acceptors (Lipinski definition) is 4. The molecule has 0 radical (unpaired) electrons. The molecule has 0 aliphatic heterocycles. The van der Waals surface area contributed by atoms with E-state index in [1.165, 1.54) is 6.33 Å². The quantitative estimate of drug-likeness (QED) is 0.789. The van der Waals surface area contributed by atoms with Crippen LogP contribution in [0.4, 0.5) is 0 Å². The smallest absolute Gasteiger partial charge is 0.141 e. The minimum absolute atomic E-state index is 0.0253. The second kappa shape index (κ2) is 4.78. The third-order valence-corrected chi connectivity index (χ3v) is 3.57. The minimum atomic E-state index is -0.0968. The van der Waals surface area contributed by atoms with Gasteiger partial charge in [0.05, 0.1) is 29.9 Å². The van der Waals surface area contributed by atoms with Crippen molar-refractivity contribution in [2.24, 2.45) is 5.92 Å². The maximum absolute atomic E-state index is 8.99. The summed E-state index contributed by atoms with van der Waals surface area (Å²) in [5.74, 6) is -0.0968. The van der Waals surface area contributed by atoms with Crippen molar-refractivity contribution < 1.29 is 0 Å². The van der Waals surface area contributed by atoms with Gasteiger partial charge in [-0.25, -0.2) is 9.97 Å². The first kappa shape index (κ1) is 12.4. The van der Waals surface area contributed by atoms with Gasteiger partial charge in [-0.3, -0.25) is 4.68 Å². The molecule has 0 aromatic carbocycles. The van der Waals surface area contributed by atoms with E-state index in [9.17, 15) is 0 Å². The van der Waals surface area contributed by atoms with Gasteiger partial charge in [-0.1, -0.05) is 0 Å². The first-order valence-corrected chi connectivity index (χ1v) is 6.43. The van der Waals surface area contributed by atoms with Gasteiger partial charge in [0, 0.05) is 23.3 Å². The molecule has 2 atom stereocenters. The van der Waals surface area contributed by atoms with E-state index in [1.54, 1.807) is 6.20 Å². The number of fused-ring (bicyclic) bond motifs is 1. The lowest BCUT2D eigenvalue weighted by molar-refractivity contribution is 0.412. The van der Waals surface area contributed by atoms with E-state index in [1.807, 2.05) is 37.0 Å². The Labute approximate surface area is 116 Å². The first-order valence-electron chi connectivity index (χ1n) is 6.43. The third kappa shape index (κ3) is 1.93. The Morgan fingerprint density at radius 3 is 3.00 bits per heavy atom. The Balaban J connectivity index is 2.02. The Hall–Kier alpha value is -2.68. The van der Waals surface area contributed by atoms with Gasteiger partial charge in [0.15, 0.2) is 0 Å². The van der Waals surface area contributed by atoms with Gasteiger partial charge in [0.1, 0.15) is 12.0 Å². The average molecular weight is 266 g/mol. The summed E-state index contributed by atoms with van der Waals surface area (Å²) in [5, 5.41) is 14.3. The summed E-state index contributed by atoms with van der Waals surface area (Å²) >= 11 is 0. The number of rotatable bonds is 3. The van der Waals surface area contributed by atoms with Gasteiger partial charge in [-0.05, 0) is 19.9 Å². The molecule has 0 bridgehead atoms. The molecule has 20 heavy (non-hydrogen) atoms. The van der Waals surface area contributed by atoms with Crippen LogP contribution in [-0.2, 0) is 0 Å². The lowest BCUT2D eigenvalue weighted by atomic mass is 10.1. The first-order chi connectivity index (χ1) is 9.70. The van der Waals surface area contributed by atoms with Gasteiger partial charge in [0.2, 0.25) is 0 Å². The molecule has 0 aliphatic rings. The standard InChI is InChI=1S/C14H14N6/c1-9(5-15)10(2)20-7-11(6-19-20)13-12-3-4-16-14(12)18-8-17-13/h3-4,6-10H,1-2H3,(H,16,17,18). The molecule has 2 unspecified atom stereocenters. The predicted octanol–water partition coefficient (Wildman–Crippen LogP) is 2.54. The highest BCUT2D eigenvalue weighted by Gasteiger charge is 2.16. The number of aromatic nitrogens is 5. The van der Waals surface area contributed by atoms with E-state index in [2.05, 4.69) is 26.1 Å². The molecular weight excluding hydrogens is 252 g/mol. The molecule has 100 valence electrons. The summed E-state index contributed by atoms with van der Waals surface area (Å²) in [6, 6.07) is 4.22. The summed E-state index contributed by atoms with van der Waals surface area (Å²) in [6.45, 7) is 3.87. The molecule has 0 aliphatic carbocycles. The van der Waals surface area contributed by atoms with Crippen LogP contribution < -0.4 is 0 Å². The molecule has 0 spiro atoms. The lowest BCUT2D eigenvalue weighted by Crippen LogP contribution is -2.12. The van der Waals surface area contributed by atoms with Gasteiger partial charge in [-0.2, -0.15) is 10.4 Å². The molecule has 0 saturated carbocycles. The SMILES string of the molecule is CC(C#N)C(C)n1cc(-c2ncnc3[nH]ccc23)cn1. The number of nitrogens with zero attached hydrogens (tertiary/aromatic N) is 5. The van der Waals surface area contributed by atoms with E-state index in [0.717, 1.165) is 22.3 Å². The normalized spacial score (nSPS) is 14.1. The molecule has 3 aromatic heterocycles. The summed E-state index contributed by atoms with van der Waals surface area (Å²) in [6.07, 6.45) is 7.07. The Morgan fingerprint density at radius 1 is 1.35 bits per heavy atom. The van der Waals surface area contributed by atoms with Crippen LogP contribution in [-0.4, -0.2) is 24.7 Å². The van der Waals surface area contributed by atoms with E-state index in [0.29, 0.717) is 0 Å². The van der Waals surface area contributed by atoms with Crippen molar-refractivity contribution in [1.82, 2.24) is 24.7 Å². The molecule has 0 saturated heterocycles. The van der Waals surface area contributed by atoms with Crippen molar-refractivity contribution in [2.75, 3.05) is 0 Å². The number of hydrogen-bond donors (Lipinski definition) is 1. The van der Waals surface area contributed by atoms with E-state index in [4.69, 9.17) is 5.26 Å². The van der Waals surface area contributed by atoms with Crippen LogP contribution in [0.25, 0.3) is 22.3 Å². The van der Waals surface area contributed by atoms with Crippen molar-refractivity contribution in [1.29, 1.82) is 5.26 Å². The molecule has 6 nitrogen and oxygen atoms in total. The number of H-pyrrole nitrogens is 1. The molecule has 0 fully saturated rings. The fourth-order valence-corrected chi connectivity index (χ4v) is 2.12. The third-order valence-electron chi connectivity index (χ3n) is 3.57. The van der Waals surface area contributed by atoms with Gasteiger partial charge < -0.3 is 4.98 Å². The lowest BCUT2D eigenvalue weighted by Gasteiger charge is -2.13. The highest BCUT2D eigenvalue weighted by Crippen LogP contribution is 2.26. The van der Waals surface area contributed by atoms with Crippen LogP contribution in [0.15, 0.2) is 31.0 Å². The predicted molar refractivity (Wildman–Crippen MR) is 74.6 cm³/mol. The second-order valence-electron chi connectivity index (χ2n) is 4.83. The maximum atomic E-state index is 8.99. The van der Waals surface area contributed by atoms with Crippen molar-refractivity contribution in [3.8, 4) is 17.3 Å². The van der Waals surface area contributed by atoms with Crippen LogP contribution in [0.3, 0.4) is 0 Å². The van der Waals surface area contributed by atoms with Crippen molar-refractivity contribution >= 4 is 11.0 Å². The molecule has 3 rings (SSSR count). The van der Waals surface area contributed by atoms with Crippen LogP contribution >= 0.6 is 0 Å². The second-order valence-corrected chi connectivity index (χ2v) is 4.83. The van der Waals surface area contributed by atoms with E-state index < -0.39 is 0 Å². The monoisotopic (exact) mass is 266 g/mol. The zero-order chi connectivity index (χ0) is 14.1. The van der Waals surface area contributed by atoms with Crippen molar-refractivity contribution in [2.45, 2.75) is 19.9 Å². The van der Waals surface area contributed by atoms with Gasteiger partial charge >= 0.3 is 0 Å². The summed E-state index contributed by atoms with van der Waals surface area (Å²) in [4.78, 5) is 11.6. The zero-order valence-electron chi connectivity index (χ0n) is 11.3. The highest BCUT2D eigenvalue weighted by atomic mass is 15.3. The van der Waals surface area contributed by atoms with Gasteiger partial charge in [-0.15, -0.1) is 0 Å². The Morgan fingerprint density at radius 2 is 2.20 bits per heavy atom. The molecule has 6 heteroatoms. The molecule has 3 aromatic rings. The fourth-order valence-electron chi connectivity index (χ4n) is 2.12. The maximum Gasteiger partial charge on any atom is 0.141 e. The fraction of sp³-hybridized carbons (Fsp3) is 0.286. The summed E-state index contributed by atoms with van der Waals surface area (Å²) in [7, 11) is 0. The van der Waals surface area contributed by atoms with Crippen molar-refractivity contribution in [3.63, 3.8) is 0 Å². The van der Waals surface area contributed by atoms with E-state index >= 15 is 0 Å². The zero-order valence-corrected chi connectivity index (χ0v) is 11.3. The number of nitriles is 1. The number of nitrogens with one attached hydrogen (secondary N) is 1. The minimum Gasteiger partial charge on any atom is -0.346 e. The Kier molecular flexibility index (Phi) is 2.95. The van der Waals surface area contributed by atoms with Crippen LogP contribution in [0.5, 0.6) is 0 Å². The van der Waals surface area contributed by atoms with Crippen LogP contribution in [0, 0.1) is 17.2 Å². The topological polar surface area (TPSA) is 83.2 Å². The largest absolute Gasteiger partial charge is 0.346 e. The van der Waals surface area contributed by atoms with Crippen molar-refractivity contribution in [3.05, 3.63) is 31.0 Å². The average Bonchev–Trinajstić information content (AvgIpc) is 3.13. The highest BCUT2D eigenvalue weighted by molar-refractivity contribution is 5.89. The Bertz CT molecular complexity index is 778. The van der Waals surface area contributed by atoms with Crippen LogP contribution in [0.1, 0.15) is 19.9 Å². The summed E-state index contributed by atoms with van der Waals surface area (Å²) in [5.41, 5.74) is 2.58. The van der Waals surface area contributed by atoms with Crippen LogP contribution in [0.2, 0.25) is 0 Å². The molecular formula is C14H14N6.